The predicted molar refractivity (Wildman–Crippen MR) is 86.2 cm³/mol. The van der Waals surface area contributed by atoms with Crippen LogP contribution in [0.5, 0.6) is 0 Å². The average Bonchev–Trinajstić information content (AvgIpc) is 2.94. The molecule has 2 aromatic rings. The second kappa shape index (κ2) is 7.59. The van der Waals surface area contributed by atoms with Gasteiger partial charge in [0.1, 0.15) is 10.9 Å². The van der Waals surface area contributed by atoms with E-state index < -0.39 is 17.9 Å². The minimum Gasteiger partial charge on any atom is -0.480 e. The van der Waals surface area contributed by atoms with E-state index in [9.17, 15) is 9.59 Å². The van der Waals surface area contributed by atoms with Crippen molar-refractivity contribution >= 4 is 23.2 Å². The number of thiazole rings is 1. The number of rotatable bonds is 7. The highest BCUT2D eigenvalue weighted by molar-refractivity contribution is 7.17. The van der Waals surface area contributed by atoms with Crippen LogP contribution in [0.1, 0.15) is 28.2 Å². The van der Waals surface area contributed by atoms with Gasteiger partial charge in [0.05, 0.1) is 5.69 Å². The van der Waals surface area contributed by atoms with Crippen LogP contribution < -0.4 is 5.32 Å². The Morgan fingerprint density at radius 1 is 1.43 bits per heavy atom. The van der Waals surface area contributed by atoms with E-state index >= 15 is 0 Å². The van der Waals surface area contributed by atoms with Gasteiger partial charge in [-0.3, -0.25) is 4.79 Å². The van der Waals surface area contributed by atoms with Gasteiger partial charge in [-0.25, -0.2) is 19.7 Å². The molecule has 0 saturated carbocycles. The van der Waals surface area contributed by atoms with Crippen LogP contribution in [0.15, 0.2) is 31.1 Å². The van der Waals surface area contributed by atoms with Gasteiger partial charge >= 0.3 is 5.97 Å². The molecule has 2 rings (SSSR count). The average molecular weight is 332 g/mol. The van der Waals surface area contributed by atoms with Crippen molar-refractivity contribution in [3.63, 3.8) is 0 Å². The van der Waals surface area contributed by atoms with E-state index in [1.165, 1.54) is 0 Å². The highest BCUT2D eigenvalue weighted by atomic mass is 32.1. The van der Waals surface area contributed by atoms with Crippen molar-refractivity contribution < 1.29 is 14.7 Å². The Bertz CT molecular complexity index is 715. The summed E-state index contributed by atoms with van der Waals surface area (Å²) in [4.78, 5) is 36.3. The summed E-state index contributed by atoms with van der Waals surface area (Å²) < 4.78 is 0. The van der Waals surface area contributed by atoms with E-state index in [1.807, 2.05) is 0 Å². The summed E-state index contributed by atoms with van der Waals surface area (Å²) in [5, 5.41) is 12.2. The van der Waals surface area contributed by atoms with E-state index in [0.717, 1.165) is 11.3 Å². The number of aromatic nitrogens is 3. The van der Waals surface area contributed by atoms with E-state index in [0.29, 0.717) is 27.8 Å². The molecule has 1 unspecified atom stereocenters. The molecule has 2 N–H and O–H groups in total. The van der Waals surface area contributed by atoms with Crippen LogP contribution in [0.25, 0.3) is 10.8 Å². The molecule has 0 radical (unpaired) electrons. The molecular weight excluding hydrogens is 316 g/mol. The van der Waals surface area contributed by atoms with Crippen molar-refractivity contribution in [2.24, 2.45) is 0 Å². The maximum absolute atomic E-state index is 12.3. The molecule has 0 bridgehead atoms. The zero-order valence-electron chi connectivity index (χ0n) is 12.5. The number of allylic oxidation sites excluding steroid dienone is 1. The maximum Gasteiger partial charge on any atom is 0.326 e. The smallest absolute Gasteiger partial charge is 0.326 e. The molecule has 2 heterocycles. The maximum atomic E-state index is 12.3. The van der Waals surface area contributed by atoms with Gasteiger partial charge in [-0.2, -0.15) is 0 Å². The fourth-order valence-electron chi connectivity index (χ4n) is 1.88. The number of aliphatic carboxylic acids is 1. The van der Waals surface area contributed by atoms with Crippen molar-refractivity contribution in [2.75, 3.05) is 0 Å². The monoisotopic (exact) mass is 332 g/mol. The number of nitrogens with zero attached hydrogens (tertiary/aromatic N) is 3. The Balaban J connectivity index is 2.18. The molecule has 8 heteroatoms. The molecule has 7 nitrogen and oxygen atoms in total. The minimum atomic E-state index is -1.08. The second-order valence-electron chi connectivity index (χ2n) is 4.74. The number of carboxylic acids is 1. The first-order chi connectivity index (χ1) is 11.0. The van der Waals surface area contributed by atoms with Crippen LogP contribution in [0, 0.1) is 6.92 Å². The number of carbonyl (C=O) groups is 2. The SMILES string of the molecule is C=CCCC(NC(=O)c1sc(-c2ncccn2)nc1C)C(=O)O. The Morgan fingerprint density at radius 2 is 2.13 bits per heavy atom. The molecule has 2 aromatic heterocycles. The van der Waals surface area contributed by atoms with Gasteiger partial charge in [-0.1, -0.05) is 6.08 Å². The number of aryl methyl sites for hydroxylation is 1. The van der Waals surface area contributed by atoms with Gasteiger partial charge in [0.15, 0.2) is 10.8 Å². The quantitative estimate of drug-likeness (QED) is 0.752. The standard InChI is InChI=1S/C15H16N4O3S/c1-3-4-6-10(15(21)22)19-13(20)11-9(2)18-14(23-11)12-16-7-5-8-17-12/h3,5,7-8,10H,1,4,6H2,2H3,(H,19,20)(H,21,22). The minimum absolute atomic E-state index is 0.289. The molecule has 0 spiro atoms. The van der Waals surface area contributed by atoms with Crippen LogP contribution in [0.4, 0.5) is 0 Å². The lowest BCUT2D eigenvalue weighted by Gasteiger charge is -2.12. The summed E-state index contributed by atoms with van der Waals surface area (Å²) in [6.45, 7) is 5.24. The number of hydrogen-bond acceptors (Lipinski definition) is 6. The molecule has 1 amide bonds. The van der Waals surface area contributed by atoms with Crippen molar-refractivity contribution in [1.29, 1.82) is 0 Å². The largest absolute Gasteiger partial charge is 0.480 e. The van der Waals surface area contributed by atoms with E-state index in [1.54, 1.807) is 31.5 Å². The molecule has 23 heavy (non-hydrogen) atoms. The highest BCUT2D eigenvalue weighted by Gasteiger charge is 2.23. The van der Waals surface area contributed by atoms with Crippen LogP contribution in [0.3, 0.4) is 0 Å². The van der Waals surface area contributed by atoms with Crippen LogP contribution in [-0.2, 0) is 4.79 Å². The zero-order chi connectivity index (χ0) is 16.8. The molecule has 0 aliphatic heterocycles. The third-order valence-electron chi connectivity index (χ3n) is 3.02. The van der Waals surface area contributed by atoms with Crippen molar-refractivity contribution in [1.82, 2.24) is 20.3 Å². The van der Waals surface area contributed by atoms with Gasteiger partial charge < -0.3 is 10.4 Å². The van der Waals surface area contributed by atoms with E-state index in [2.05, 4.69) is 26.8 Å². The lowest BCUT2D eigenvalue weighted by Crippen LogP contribution is -2.40. The number of carbonyl (C=O) groups excluding carboxylic acids is 1. The summed E-state index contributed by atoms with van der Waals surface area (Å²) in [6, 6.07) is 0.729. The number of amides is 1. The summed E-state index contributed by atoms with van der Waals surface area (Å²) in [6.07, 6.45) is 5.59. The third-order valence-corrected chi connectivity index (χ3v) is 4.17. The molecule has 0 aliphatic rings. The van der Waals surface area contributed by atoms with Crippen LogP contribution in [0.2, 0.25) is 0 Å². The topological polar surface area (TPSA) is 105 Å². The van der Waals surface area contributed by atoms with Crippen LogP contribution >= 0.6 is 11.3 Å². The molecule has 0 fully saturated rings. The first kappa shape index (κ1) is 16.8. The lowest BCUT2D eigenvalue weighted by molar-refractivity contribution is -0.139. The second-order valence-corrected chi connectivity index (χ2v) is 5.74. The zero-order valence-corrected chi connectivity index (χ0v) is 13.3. The van der Waals surface area contributed by atoms with Crippen molar-refractivity contribution in [3.05, 3.63) is 41.7 Å². The Hall–Kier alpha value is -2.61. The lowest BCUT2D eigenvalue weighted by atomic mass is 10.1. The number of hydrogen-bond donors (Lipinski definition) is 2. The fourth-order valence-corrected chi connectivity index (χ4v) is 2.80. The number of carboxylic acid groups (broad SMARTS) is 1. The molecule has 1 atom stereocenters. The van der Waals surface area contributed by atoms with Crippen molar-refractivity contribution in [2.45, 2.75) is 25.8 Å². The molecule has 0 saturated heterocycles. The van der Waals surface area contributed by atoms with Gasteiger partial charge in [0, 0.05) is 12.4 Å². The summed E-state index contributed by atoms with van der Waals surface area (Å²) in [5.74, 6) is -1.10. The summed E-state index contributed by atoms with van der Waals surface area (Å²) in [7, 11) is 0. The van der Waals surface area contributed by atoms with Gasteiger partial charge in [-0.05, 0) is 25.8 Å². The molecule has 120 valence electrons. The summed E-state index contributed by atoms with van der Waals surface area (Å²) in [5.41, 5.74) is 0.516. The Labute approximate surface area is 137 Å². The van der Waals surface area contributed by atoms with Gasteiger partial charge in [-0.15, -0.1) is 17.9 Å². The normalized spacial score (nSPS) is 11.7. The Kier molecular flexibility index (Phi) is 5.53. The fraction of sp³-hybridized carbons (Fsp3) is 0.267. The van der Waals surface area contributed by atoms with Gasteiger partial charge in [0.25, 0.3) is 5.91 Å². The van der Waals surface area contributed by atoms with Gasteiger partial charge in [0.2, 0.25) is 0 Å². The Morgan fingerprint density at radius 3 is 2.74 bits per heavy atom. The third kappa shape index (κ3) is 4.19. The first-order valence-electron chi connectivity index (χ1n) is 6.92. The predicted octanol–water partition coefficient (Wildman–Crippen LogP) is 2.06. The van der Waals surface area contributed by atoms with E-state index in [-0.39, 0.29) is 6.42 Å². The van der Waals surface area contributed by atoms with Crippen molar-refractivity contribution in [3.8, 4) is 10.8 Å². The van der Waals surface area contributed by atoms with Crippen LogP contribution in [-0.4, -0.2) is 38.0 Å². The summed E-state index contributed by atoms with van der Waals surface area (Å²) >= 11 is 1.14. The first-order valence-corrected chi connectivity index (χ1v) is 7.74. The molecular formula is C15H16N4O3S. The highest BCUT2D eigenvalue weighted by Crippen LogP contribution is 2.25. The molecule has 0 aromatic carbocycles. The molecule has 0 aliphatic carbocycles. The number of nitrogens with one attached hydrogen (secondary N) is 1. The van der Waals surface area contributed by atoms with E-state index in [4.69, 9.17) is 5.11 Å².